The molecule has 0 bridgehead atoms. The van der Waals surface area contributed by atoms with Gasteiger partial charge in [0.1, 0.15) is 18.0 Å². The summed E-state index contributed by atoms with van der Waals surface area (Å²) in [5, 5.41) is 9.30. The third kappa shape index (κ3) is 2.96. The molecule has 106 valence electrons. The van der Waals surface area contributed by atoms with Crippen molar-refractivity contribution >= 4 is 11.6 Å². The number of aromatic nitrogens is 2. The van der Waals surface area contributed by atoms with E-state index in [1.807, 2.05) is 6.92 Å². The molecule has 0 aromatic carbocycles. The Morgan fingerprint density at radius 2 is 2.21 bits per heavy atom. The lowest BCUT2D eigenvalue weighted by Crippen LogP contribution is -2.48. The Hall–Kier alpha value is -1.40. The first-order chi connectivity index (χ1) is 9.02. The molecular formula is C13H22N4O2. The molecule has 0 aliphatic carbocycles. The maximum atomic E-state index is 9.30. The second kappa shape index (κ2) is 5.71. The van der Waals surface area contributed by atoms with Crippen molar-refractivity contribution in [2.24, 2.45) is 0 Å². The maximum Gasteiger partial charge on any atom is 0.137 e. The van der Waals surface area contributed by atoms with Gasteiger partial charge in [-0.1, -0.05) is 13.8 Å². The SMILES string of the molecule is CC1CN(c2ncnc(N)c2C(C)C)CC(CO)O1. The number of anilines is 2. The van der Waals surface area contributed by atoms with Crippen molar-refractivity contribution < 1.29 is 9.84 Å². The van der Waals surface area contributed by atoms with Crippen molar-refractivity contribution in [2.75, 3.05) is 30.3 Å². The number of hydrogen-bond acceptors (Lipinski definition) is 6. The van der Waals surface area contributed by atoms with Gasteiger partial charge < -0.3 is 20.5 Å². The molecule has 1 aliphatic rings. The zero-order chi connectivity index (χ0) is 14.0. The average molecular weight is 266 g/mol. The molecular weight excluding hydrogens is 244 g/mol. The van der Waals surface area contributed by atoms with E-state index in [0.717, 1.165) is 17.9 Å². The maximum absolute atomic E-state index is 9.30. The van der Waals surface area contributed by atoms with Crippen LogP contribution in [0, 0.1) is 0 Å². The van der Waals surface area contributed by atoms with E-state index in [2.05, 4.69) is 28.7 Å². The Balaban J connectivity index is 2.33. The zero-order valence-corrected chi connectivity index (χ0v) is 11.7. The van der Waals surface area contributed by atoms with Crippen LogP contribution in [0.4, 0.5) is 11.6 Å². The summed E-state index contributed by atoms with van der Waals surface area (Å²) in [6.07, 6.45) is 1.37. The Bertz CT molecular complexity index is 439. The van der Waals surface area contributed by atoms with Crippen LogP contribution in [0.15, 0.2) is 6.33 Å². The van der Waals surface area contributed by atoms with Crippen LogP contribution < -0.4 is 10.6 Å². The number of rotatable bonds is 3. The van der Waals surface area contributed by atoms with Gasteiger partial charge >= 0.3 is 0 Å². The van der Waals surface area contributed by atoms with Crippen molar-refractivity contribution in [1.29, 1.82) is 0 Å². The molecule has 19 heavy (non-hydrogen) atoms. The first-order valence-corrected chi connectivity index (χ1v) is 6.64. The van der Waals surface area contributed by atoms with Crippen molar-refractivity contribution in [3.63, 3.8) is 0 Å². The normalized spacial score (nSPS) is 23.9. The van der Waals surface area contributed by atoms with Gasteiger partial charge in [0.15, 0.2) is 0 Å². The molecule has 2 unspecified atom stereocenters. The van der Waals surface area contributed by atoms with Gasteiger partial charge in [0, 0.05) is 18.7 Å². The molecule has 0 amide bonds. The van der Waals surface area contributed by atoms with Crippen LogP contribution in [0.1, 0.15) is 32.3 Å². The molecule has 1 aliphatic heterocycles. The standard InChI is InChI=1S/C13H22N4O2/c1-8(2)11-12(14)15-7-16-13(11)17-4-9(3)19-10(5-17)6-18/h7-10,18H,4-6H2,1-3H3,(H2,14,15,16). The highest BCUT2D eigenvalue weighted by molar-refractivity contribution is 5.58. The molecule has 2 atom stereocenters. The quantitative estimate of drug-likeness (QED) is 0.840. The Kier molecular flexibility index (Phi) is 4.21. The summed E-state index contributed by atoms with van der Waals surface area (Å²) in [6.45, 7) is 7.52. The largest absolute Gasteiger partial charge is 0.394 e. The minimum Gasteiger partial charge on any atom is -0.394 e. The summed E-state index contributed by atoms with van der Waals surface area (Å²) in [6, 6.07) is 0. The number of aliphatic hydroxyl groups is 1. The minimum atomic E-state index is -0.181. The van der Waals surface area contributed by atoms with E-state index in [0.29, 0.717) is 12.4 Å². The molecule has 6 heteroatoms. The number of nitrogens with zero attached hydrogens (tertiary/aromatic N) is 3. The minimum absolute atomic E-state index is 0.0123. The van der Waals surface area contributed by atoms with Crippen molar-refractivity contribution in [1.82, 2.24) is 9.97 Å². The third-order valence-corrected chi connectivity index (χ3v) is 3.30. The van der Waals surface area contributed by atoms with E-state index in [9.17, 15) is 5.11 Å². The lowest BCUT2D eigenvalue weighted by atomic mass is 10.0. The molecule has 0 spiro atoms. The summed E-state index contributed by atoms with van der Waals surface area (Å²) < 4.78 is 5.65. The van der Waals surface area contributed by atoms with E-state index in [1.165, 1.54) is 6.33 Å². The van der Waals surface area contributed by atoms with Crippen LogP contribution in [0.5, 0.6) is 0 Å². The van der Waals surface area contributed by atoms with Crippen molar-refractivity contribution in [3.8, 4) is 0 Å². The number of nitrogen functional groups attached to an aromatic ring is 1. The third-order valence-electron chi connectivity index (χ3n) is 3.30. The van der Waals surface area contributed by atoms with Gasteiger partial charge in [0.05, 0.1) is 18.8 Å². The fourth-order valence-corrected chi connectivity index (χ4v) is 2.52. The molecule has 2 rings (SSSR count). The smallest absolute Gasteiger partial charge is 0.137 e. The van der Waals surface area contributed by atoms with Gasteiger partial charge in [-0.15, -0.1) is 0 Å². The summed E-state index contributed by atoms with van der Waals surface area (Å²) >= 11 is 0. The van der Waals surface area contributed by atoms with Crippen LogP contribution in [0.3, 0.4) is 0 Å². The lowest BCUT2D eigenvalue weighted by Gasteiger charge is -2.38. The van der Waals surface area contributed by atoms with Crippen molar-refractivity contribution in [2.45, 2.75) is 38.9 Å². The molecule has 1 aromatic heterocycles. The second-order valence-corrected chi connectivity index (χ2v) is 5.31. The van der Waals surface area contributed by atoms with Gasteiger partial charge in [-0.05, 0) is 12.8 Å². The molecule has 3 N–H and O–H groups in total. The number of nitrogens with two attached hydrogens (primary N) is 1. The van der Waals surface area contributed by atoms with Gasteiger partial charge in [-0.3, -0.25) is 0 Å². The first kappa shape index (κ1) is 14.0. The number of ether oxygens (including phenoxy) is 1. The Labute approximate surface area is 113 Å². The van der Waals surface area contributed by atoms with Crippen LogP contribution in [0.2, 0.25) is 0 Å². The zero-order valence-electron chi connectivity index (χ0n) is 11.7. The summed E-state index contributed by atoms with van der Waals surface area (Å²) in [7, 11) is 0. The molecule has 2 heterocycles. The lowest BCUT2D eigenvalue weighted by molar-refractivity contribution is -0.0423. The summed E-state index contributed by atoms with van der Waals surface area (Å²) in [5.41, 5.74) is 6.94. The predicted octanol–water partition coefficient (Wildman–Crippen LogP) is 0.768. The van der Waals surface area contributed by atoms with Gasteiger partial charge in [-0.25, -0.2) is 9.97 Å². The summed E-state index contributed by atoms with van der Waals surface area (Å²) in [4.78, 5) is 10.6. The van der Waals surface area contributed by atoms with E-state index >= 15 is 0 Å². The monoisotopic (exact) mass is 266 g/mol. The van der Waals surface area contributed by atoms with Gasteiger partial charge in [0.2, 0.25) is 0 Å². The topological polar surface area (TPSA) is 84.5 Å². The molecule has 1 saturated heterocycles. The number of morpholine rings is 1. The van der Waals surface area contributed by atoms with E-state index in [-0.39, 0.29) is 24.7 Å². The van der Waals surface area contributed by atoms with E-state index in [4.69, 9.17) is 10.5 Å². The Morgan fingerprint density at radius 1 is 1.47 bits per heavy atom. The molecule has 0 saturated carbocycles. The number of aliphatic hydroxyl groups excluding tert-OH is 1. The highest BCUT2D eigenvalue weighted by Crippen LogP contribution is 2.30. The van der Waals surface area contributed by atoms with Crippen LogP contribution in [-0.2, 0) is 4.74 Å². The van der Waals surface area contributed by atoms with Gasteiger partial charge in [-0.2, -0.15) is 0 Å². The molecule has 0 radical (unpaired) electrons. The molecule has 1 fully saturated rings. The van der Waals surface area contributed by atoms with Crippen molar-refractivity contribution in [3.05, 3.63) is 11.9 Å². The van der Waals surface area contributed by atoms with E-state index < -0.39 is 0 Å². The average Bonchev–Trinajstić information content (AvgIpc) is 2.37. The van der Waals surface area contributed by atoms with E-state index in [1.54, 1.807) is 0 Å². The number of hydrogen-bond donors (Lipinski definition) is 2. The van der Waals surface area contributed by atoms with Crippen LogP contribution >= 0.6 is 0 Å². The van der Waals surface area contributed by atoms with Crippen LogP contribution in [-0.4, -0.2) is 47.0 Å². The molecule has 6 nitrogen and oxygen atoms in total. The Morgan fingerprint density at radius 3 is 2.84 bits per heavy atom. The highest BCUT2D eigenvalue weighted by Gasteiger charge is 2.28. The van der Waals surface area contributed by atoms with Crippen LogP contribution in [0.25, 0.3) is 0 Å². The predicted molar refractivity (Wildman–Crippen MR) is 74.2 cm³/mol. The second-order valence-electron chi connectivity index (χ2n) is 5.31. The first-order valence-electron chi connectivity index (χ1n) is 6.64. The fourth-order valence-electron chi connectivity index (χ4n) is 2.52. The molecule has 1 aromatic rings. The highest BCUT2D eigenvalue weighted by atomic mass is 16.5. The van der Waals surface area contributed by atoms with Gasteiger partial charge in [0.25, 0.3) is 0 Å². The fraction of sp³-hybridized carbons (Fsp3) is 0.692. The summed E-state index contributed by atoms with van der Waals surface area (Å²) in [5.74, 6) is 1.64.